The molecule has 2 aromatic carbocycles. The van der Waals surface area contributed by atoms with Crippen molar-refractivity contribution in [3.05, 3.63) is 63.7 Å². The van der Waals surface area contributed by atoms with Crippen molar-refractivity contribution in [2.75, 3.05) is 12.8 Å². The Morgan fingerprint density at radius 3 is 2.73 bits per heavy atom. The third-order valence-corrected chi connectivity index (χ3v) is 5.51. The first kappa shape index (κ1) is 15.5. The lowest BCUT2D eigenvalue weighted by Gasteiger charge is -2.28. The second-order valence-electron chi connectivity index (χ2n) is 5.82. The van der Waals surface area contributed by atoms with Crippen molar-refractivity contribution < 1.29 is 8.42 Å². The molecule has 2 aromatic rings. The van der Waals surface area contributed by atoms with Crippen molar-refractivity contribution in [1.82, 2.24) is 5.32 Å². The summed E-state index contributed by atoms with van der Waals surface area (Å²) >= 11 is 6.22. The average molecular weight is 336 g/mol. The van der Waals surface area contributed by atoms with Gasteiger partial charge in [0, 0.05) is 30.3 Å². The molecule has 1 atom stereocenters. The first-order chi connectivity index (χ1) is 10.4. The van der Waals surface area contributed by atoms with Crippen molar-refractivity contribution in [3.8, 4) is 0 Å². The molecule has 0 saturated carbocycles. The summed E-state index contributed by atoms with van der Waals surface area (Å²) < 4.78 is 23.6. The zero-order valence-corrected chi connectivity index (χ0v) is 14.1. The number of rotatable bonds is 2. The van der Waals surface area contributed by atoms with E-state index in [0.29, 0.717) is 4.90 Å². The molecule has 0 radical (unpaired) electrons. The summed E-state index contributed by atoms with van der Waals surface area (Å²) in [6.07, 6.45) is 1.24. The Hall–Kier alpha value is -1.36. The van der Waals surface area contributed by atoms with Gasteiger partial charge in [0.25, 0.3) is 0 Å². The van der Waals surface area contributed by atoms with E-state index in [-0.39, 0.29) is 5.92 Å². The van der Waals surface area contributed by atoms with Gasteiger partial charge >= 0.3 is 0 Å². The van der Waals surface area contributed by atoms with E-state index in [9.17, 15) is 8.42 Å². The number of nitrogens with one attached hydrogen (secondary N) is 1. The summed E-state index contributed by atoms with van der Waals surface area (Å²) in [5.41, 5.74) is 4.61. The first-order valence-corrected chi connectivity index (χ1v) is 9.43. The number of sulfone groups is 1. The van der Waals surface area contributed by atoms with Crippen LogP contribution in [0.2, 0.25) is 5.02 Å². The Labute approximate surface area is 136 Å². The van der Waals surface area contributed by atoms with Gasteiger partial charge in [-0.2, -0.15) is 0 Å². The molecule has 0 unspecified atom stereocenters. The minimum Gasteiger partial charge on any atom is -0.312 e. The van der Waals surface area contributed by atoms with Gasteiger partial charge in [-0.25, -0.2) is 8.42 Å². The molecule has 0 bridgehead atoms. The van der Waals surface area contributed by atoms with Crippen LogP contribution in [0.1, 0.15) is 28.2 Å². The van der Waals surface area contributed by atoms with E-state index in [1.165, 1.54) is 22.9 Å². The fourth-order valence-electron chi connectivity index (χ4n) is 3.06. The van der Waals surface area contributed by atoms with Crippen LogP contribution in [0, 0.1) is 6.92 Å². The van der Waals surface area contributed by atoms with E-state index in [1.807, 2.05) is 18.2 Å². The van der Waals surface area contributed by atoms with Gasteiger partial charge in [0.05, 0.1) is 4.90 Å². The van der Waals surface area contributed by atoms with Crippen LogP contribution in [0.15, 0.2) is 41.3 Å². The van der Waals surface area contributed by atoms with Crippen LogP contribution in [-0.2, 0) is 16.4 Å². The minimum atomic E-state index is -3.20. The molecule has 3 rings (SSSR count). The Bertz CT molecular complexity index is 831. The quantitative estimate of drug-likeness (QED) is 0.916. The Balaban J connectivity index is 2.12. The van der Waals surface area contributed by atoms with Gasteiger partial charge < -0.3 is 5.32 Å². The van der Waals surface area contributed by atoms with Gasteiger partial charge in [0.15, 0.2) is 9.84 Å². The topological polar surface area (TPSA) is 46.2 Å². The number of hydrogen-bond donors (Lipinski definition) is 1. The van der Waals surface area contributed by atoms with Crippen LogP contribution >= 0.6 is 11.6 Å². The molecule has 1 heterocycles. The standard InChI is InChI=1S/C17H18ClNO2S/c1-11-6-13(18)8-15-16(11)9-19-10-17(15)12-4-3-5-14(7-12)22(2,20)21/h3-8,17,19H,9-10H2,1-2H3/t17-/m0/s1. The summed E-state index contributed by atoms with van der Waals surface area (Å²) in [4.78, 5) is 0.357. The largest absolute Gasteiger partial charge is 0.312 e. The van der Waals surface area contributed by atoms with Gasteiger partial charge in [-0.15, -0.1) is 0 Å². The van der Waals surface area contributed by atoms with Crippen molar-refractivity contribution in [2.24, 2.45) is 0 Å². The van der Waals surface area contributed by atoms with Crippen LogP contribution in [0.3, 0.4) is 0 Å². The number of halogens is 1. The molecule has 116 valence electrons. The molecule has 5 heteroatoms. The summed E-state index contributed by atoms with van der Waals surface area (Å²) in [5.74, 6) is 0.114. The van der Waals surface area contributed by atoms with Crippen LogP contribution in [0.4, 0.5) is 0 Å². The molecular formula is C17H18ClNO2S. The van der Waals surface area contributed by atoms with Gasteiger partial charge in [-0.1, -0.05) is 23.7 Å². The SMILES string of the molecule is Cc1cc(Cl)cc2c1CNC[C@H]2c1cccc(S(C)(=O)=O)c1. The van der Waals surface area contributed by atoms with Gasteiger partial charge in [0.2, 0.25) is 0 Å². The van der Waals surface area contributed by atoms with Crippen molar-refractivity contribution >= 4 is 21.4 Å². The fourth-order valence-corrected chi connectivity index (χ4v) is 4.02. The van der Waals surface area contributed by atoms with Crippen LogP contribution < -0.4 is 5.32 Å². The number of hydrogen-bond acceptors (Lipinski definition) is 3. The van der Waals surface area contributed by atoms with Crippen molar-refractivity contribution in [3.63, 3.8) is 0 Å². The van der Waals surface area contributed by atoms with Crippen molar-refractivity contribution in [2.45, 2.75) is 24.3 Å². The van der Waals surface area contributed by atoms with E-state index in [2.05, 4.69) is 12.2 Å². The van der Waals surface area contributed by atoms with E-state index >= 15 is 0 Å². The van der Waals surface area contributed by atoms with Crippen LogP contribution in [0.5, 0.6) is 0 Å². The van der Waals surface area contributed by atoms with Crippen molar-refractivity contribution in [1.29, 1.82) is 0 Å². The molecule has 22 heavy (non-hydrogen) atoms. The Morgan fingerprint density at radius 2 is 2.00 bits per heavy atom. The molecule has 0 aliphatic carbocycles. The molecule has 0 aromatic heterocycles. The lowest BCUT2D eigenvalue weighted by atomic mass is 9.84. The van der Waals surface area contributed by atoms with Gasteiger partial charge in [0.1, 0.15) is 0 Å². The maximum atomic E-state index is 11.8. The second-order valence-corrected chi connectivity index (χ2v) is 8.27. The maximum absolute atomic E-state index is 11.8. The summed E-state index contributed by atoms with van der Waals surface area (Å²) in [5, 5.41) is 4.14. The number of benzene rings is 2. The van der Waals surface area contributed by atoms with Gasteiger partial charge in [-0.3, -0.25) is 0 Å². The van der Waals surface area contributed by atoms with E-state index in [4.69, 9.17) is 11.6 Å². The summed E-state index contributed by atoms with van der Waals surface area (Å²) in [6, 6.07) is 11.2. The lowest BCUT2D eigenvalue weighted by Crippen LogP contribution is -2.29. The molecule has 0 saturated heterocycles. The highest BCUT2D eigenvalue weighted by molar-refractivity contribution is 7.90. The van der Waals surface area contributed by atoms with E-state index in [1.54, 1.807) is 18.2 Å². The molecule has 0 amide bonds. The molecule has 0 fully saturated rings. The predicted molar refractivity (Wildman–Crippen MR) is 89.3 cm³/mol. The smallest absolute Gasteiger partial charge is 0.175 e. The Kier molecular flexibility index (Phi) is 4.02. The minimum absolute atomic E-state index is 0.114. The average Bonchev–Trinajstić information content (AvgIpc) is 2.46. The van der Waals surface area contributed by atoms with Gasteiger partial charge in [-0.05, 0) is 53.4 Å². The van der Waals surface area contributed by atoms with E-state index < -0.39 is 9.84 Å². The Morgan fingerprint density at radius 1 is 1.23 bits per heavy atom. The molecule has 1 aliphatic rings. The molecule has 3 nitrogen and oxygen atoms in total. The number of aryl methyl sites for hydroxylation is 1. The molecule has 0 spiro atoms. The summed E-state index contributed by atoms with van der Waals surface area (Å²) in [7, 11) is -3.20. The van der Waals surface area contributed by atoms with E-state index in [0.717, 1.165) is 23.7 Å². The normalized spacial score (nSPS) is 18.0. The number of fused-ring (bicyclic) bond motifs is 1. The molecule has 1 N–H and O–H groups in total. The zero-order chi connectivity index (χ0) is 15.9. The third-order valence-electron chi connectivity index (χ3n) is 4.19. The maximum Gasteiger partial charge on any atom is 0.175 e. The highest BCUT2D eigenvalue weighted by atomic mass is 35.5. The van der Waals surface area contributed by atoms with Crippen LogP contribution in [0.25, 0.3) is 0 Å². The zero-order valence-electron chi connectivity index (χ0n) is 12.6. The fraction of sp³-hybridized carbons (Fsp3) is 0.294. The molecule has 1 aliphatic heterocycles. The highest BCUT2D eigenvalue weighted by Crippen LogP contribution is 2.34. The first-order valence-electron chi connectivity index (χ1n) is 7.16. The predicted octanol–water partition coefficient (Wildman–Crippen LogP) is 3.29. The highest BCUT2D eigenvalue weighted by Gasteiger charge is 2.24. The molecular weight excluding hydrogens is 318 g/mol. The lowest BCUT2D eigenvalue weighted by molar-refractivity contribution is 0.586. The second kappa shape index (κ2) is 5.69. The monoisotopic (exact) mass is 335 g/mol. The van der Waals surface area contributed by atoms with Crippen LogP contribution in [-0.4, -0.2) is 21.2 Å². The summed E-state index contributed by atoms with van der Waals surface area (Å²) in [6.45, 7) is 3.66. The third kappa shape index (κ3) is 2.91.